The van der Waals surface area contributed by atoms with E-state index in [-0.39, 0.29) is 28.4 Å². The predicted octanol–water partition coefficient (Wildman–Crippen LogP) is 7.42. The van der Waals surface area contributed by atoms with Crippen LogP contribution in [0, 0.1) is 22.7 Å². The van der Waals surface area contributed by atoms with Gasteiger partial charge in [-0.2, -0.15) is 0 Å². The van der Waals surface area contributed by atoms with Crippen LogP contribution in [-0.2, 0) is 11.2 Å². The fraction of sp³-hybridized carbons (Fsp3) is 0.393. The normalized spacial score (nSPS) is 31.7. The van der Waals surface area contributed by atoms with Crippen LogP contribution in [0.1, 0.15) is 52.2 Å². The lowest BCUT2D eigenvalue weighted by Gasteiger charge is -2.37. The standard InChI is InChI=1S/C28H29ClO2/c1-6-17-7-8-19(18-9-11-20(29)12-10-18)13-21(17)22-25(30)23-24(26(22)31)28(5)14-27(23,4)15(2)16(28)3/h7-13,23-24,30H,6,14H2,1-5H3. The zero-order valence-corrected chi connectivity index (χ0v) is 19.6. The molecule has 5 rings (SSSR count). The first-order valence-corrected chi connectivity index (χ1v) is 11.6. The van der Waals surface area contributed by atoms with Crippen molar-refractivity contribution in [2.75, 3.05) is 0 Å². The fourth-order valence-electron chi connectivity index (χ4n) is 6.85. The van der Waals surface area contributed by atoms with E-state index in [2.05, 4.69) is 52.8 Å². The lowest BCUT2D eigenvalue weighted by atomic mass is 9.66. The first kappa shape index (κ1) is 20.6. The summed E-state index contributed by atoms with van der Waals surface area (Å²) in [6.07, 6.45) is 1.75. The van der Waals surface area contributed by atoms with Gasteiger partial charge in [-0.15, -0.1) is 0 Å². The molecule has 2 bridgehead atoms. The molecule has 3 aliphatic rings. The van der Waals surface area contributed by atoms with Crippen LogP contribution in [0.2, 0.25) is 5.02 Å². The van der Waals surface area contributed by atoms with Crippen molar-refractivity contribution in [3.05, 3.63) is 75.5 Å². The van der Waals surface area contributed by atoms with Gasteiger partial charge in [-0.3, -0.25) is 4.79 Å². The summed E-state index contributed by atoms with van der Waals surface area (Å²) >= 11 is 6.07. The van der Waals surface area contributed by atoms with E-state index in [1.807, 2.05) is 24.3 Å². The zero-order chi connectivity index (χ0) is 22.3. The van der Waals surface area contributed by atoms with Crippen molar-refractivity contribution in [2.45, 2.75) is 47.5 Å². The van der Waals surface area contributed by atoms with Crippen LogP contribution in [0.25, 0.3) is 16.7 Å². The topological polar surface area (TPSA) is 37.3 Å². The van der Waals surface area contributed by atoms with Gasteiger partial charge in [0.2, 0.25) is 0 Å². The van der Waals surface area contributed by atoms with Crippen LogP contribution in [-0.4, -0.2) is 10.9 Å². The average molecular weight is 433 g/mol. The maximum Gasteiger partial charge on any atom is 0.171 e. The lowest BCUT2D eigenvalue weighted by Crippen LogP contribution is -2.35. The highest BCUT2D eigenvalue weighted by molar-refractivity contribution is 6.30. The third kappa shape index (κ3) is 2.55. The molecule has 0 aliphatic heterocycles. The van der Waals surface area contributed by atoms with Crippen LogP contribution < -0.4 is 0 Å². The number of carbonyl (C=O) groups excluding carboxylic acids is 1. The minimum atomic E-state index is -0.170. The highest BCUT2D eigenvalue weighted by Crippen LogP contribution is 2.73. The highest BCUT2D eigenvalue weighted by atomic mass is 35.5. The Morgan fingerprint density at radius 3 is 2.16 bits per heavy atom. The van der Waals surface area contributed by atoms with Gasteiger partial charge in [0, 0.05) is 22.3 Å². The molecule has 160 valence electrons. The third-order valence-corrected chi connectivity index (χ3v) is 8.99. The lowest BCUT2D eigenvalue weighted by molar-refractivity contribution is -0.119. The van der Waals surface area contributed by atoms with Crippen molar-refractivity contribution in [2.24, 2.45) is 22.7 Å². The SMILES string of the molecule is CCc1ccc(-c2ccc(Cl)cc2)cc1C1=C(O)C2C(C1=O)C1(C)CC2(C)C(C)=C1C. The molecule has 0 heterocycles. The molecule has 1 N–H and O–H groups in total. The molecular formula is C28H29ClO2. The Balaban J connectivity index is 1.67. The number of benzene rings is 2. The van der Waals surface area contributed by atoms with Crippen molar-refractivity contribution in [1.29, 1.82) is 0 Å². The summed E-state index contributed by atoms with van der Waals surface area (Å²) in [6, 6.07) is 14.0. The molecule has 0 aromatic heterocycles. The Kier molecular flexibility index (Phi) is 4.37. The van der Waals surface area contributed by atoms with E-state index in [9.17, 15) is 9.90 Å². The van der Waals surface area contributed by atoms with Crippen molar-refractivity contribution in [3.63, 3.8) is 0 Å². The summed E-state index contributed by atoms with van der Waals surface area (Å²) < 4.78 is 0. The zero-order valence-electron chi connectivity index (χ0n) is 18.8. The molecule has 2 aromatic carbocycles. The van der Waals surface area contributed by atoms with Gasteiger partial charge in [-0.25, -0.2) is 0 Å². The van der Waals surface area contributed by atoms with E-state index in [1.54, 1.807) is 0 Å². The van der Waals surface area contributed by atoms with Crippen LogP contribution in [0.3, 0.4) is 0 Å². The summed E-state index contributed by atoms with van der Waals surface area (Å²) in [5, 5.41) is 12.2. The quantitative estimate of drug-likeness (QED) is 0.512. The minimum Gasteiger partial charge on any atom is -0.511 e. The van der Waals surface area contributed by atoms with Gasteiger partial charge < -0.3 is 5.11 Å². The molecule has 3 aliphatic carbocycles. The number of rotatable bonds is 3. The second kappa shape index (κ2) is 6.59. The molecule has 0 amide bonds. The smallest absolute Gasteiger partial charge is 0.171 e. The van der Waals surface area contributed by atoms with Crippen LogP contribution in [0.4, 0.5) is 0 Å². The number of aliphatic hydroxyl groups is 1. The number of allylic oxidation sites excluding steroid dienone is 4. The molecule has 3 heteroatoms. The van der Waals surface area contributed by atoms with Crippen LogP contribution in [0.5, 0.6) is 0 Å². The van der Waals surface area contributed by atoms with Crippen molar-refractivity contribution < 1.29 is 9.90 Å². The Labute approximate surface area is 189 Å². The number of fused-ring (bicyclic) bond motifs is 5. The summed E-state index contributed by atoms with van der Waals surface area (Å²) in [6.45, 7) is 10.9. The Morgan fingerprint density at radius 1 is 0.968 bits per heavy atom. The highest BCUT2D eigenvalue weighted by Gasteiger charge is 2.69. The first-order chi connectivity index (χ1) is 14.6. The minimum absolute atomic E-state index is 0.114. The van der Waals surface area contributed by atoms with Gasteiger partial charge in [0.05, 0.1) is 5.57 Å². The van der Waals surface area contributed by atoms with Crippen LogP contribution in [0.15, 0.2) is 59.4 Å². The number of aryl methyl sites for hydroxylation is 1. The molecule has 1 fully saturated rings. The number of aliphatic hydroxyl groups excluding tert-OH is 1. The van der Waals surface area contributed by atoms with E-state index >= 15 is 0 Å². The van der Waals surface area contributed by atoms with Gasteiger partial charge in [0.25, 0.3) is 0 Å². The summed E-state index contributed by atoms with van der Waals surface area (Å²) in [7, 11) is 0. The summed E-state index contributed by atoms with van der Waals surface area (Å²) in [5.74, 6) is 0.132. The molecule has 1 saturated carbocycles. The van der Waals surface area contributed by atoms with E-state index in [0.29, 0.717) is 16.4 Å². The Hall–Kier alpha value is -2.32. The summed E-state index contributed by atoms with van der Waals surface area (Å²) in [4.78, 5) is 13.9. The van der Waals surface area contributed by atoms with Gasteiger partial charge in [-0.1, -0.05) is 67.8 Å². The van der Waals surface area contributed by atoms with Crippen molar-refractivity contribution >= 4 is 23.0 Å². The predicted molar refractivity (Wildman–Crippen MR) is 127 cm³/mol. The van der Waals surface area contributed by atoms with Gasteiger partial charge in [0.1, 0.15) is 5.76 Å². The van der Waals surface area contributed by atoms with E-state index in [0.717, 1.165) is 35.1 Å². The molecule has 0 radical (unpaired) electrons. The largest absolute Gasteiger partial charge is 0.511 e. The summed E-state index contributed by atoms with van der Waals surface area (Å²) in [5.41, 5.74) is 6.97. The Bertz CT molecular complexity index is 1190. The number of carbonyl (C=O) groups is 1. The number of hydrogen-bond acceptors (Lipinski definition) is 2. The first-order valence-electron chi connectivity index (χ1n) is 11.2. The number of halogens is 1. The molecule has 0 spiro atoms. The molecule has 2 nitrogen and oxygen atoms in total. The monoisotopic (exact) mass is 432 g/mol. The van der Waals surface area contributed by atoms with Gasteiger partial charge in [0.15, 0.2) is 5.78 Å². The number of Topliss-reactive ketones (excluding diaryl/α,β-unsaturated/α-hetero) is 1. The average Bonchev–Trinajstić information content (AvgIpc) is 3.24. The maximum atomic E-state index is 13.9. The maximum absolute atomic E-state index is 13.9. The van der Waals surface area contributed by atoms with Gasteiger partial charge in [-0.05, 0) is 72.6 Å². The van der Waals surface area contributed by atoms with Crippen molar-refractivity contribution in [3.8, 4) is 11.1 Å². The van der Waals surface area contributed by atoms with E-state index in [4.69, 9.17) is 11.6 Å². The second-order valence-electron chi connectivity index (χ2n) is 10.1. The molecule has 0 saturated heterocycles. The van der Waals surface area contributed by atoms with Crippen molar-refractivity contribution in [1.82, 2.24) is 0 Å². The number of ketones is 1. The van der Waals surface area contributed by atoms with Crippen LogP contribution >= 0.6 is 11.6 Å². The second-order valence-corrected chi connectivity index (χ2v) is 10.5. The molecule has 31 heavy (non-hydrogen) atoms. The number of hydrogen-bond donors (Lipinski definition) is 1. The van der Waals surface area contributed by atoms with E-state index < -0.39 is 0 Å². The third-order valence-electron chi connectivity index (χ3n) is 8.73. The van der Waals surface area contributed by atoms with E-state index in [1.165, 1.54) is 11.1 Å². The molecule has 2 aromatic rings. The Morgan fingerprint density at radius 2 is 1.55 bits per heavy atom. The molecule has 4 unspecified atom stereocenters. The molecular weight excluding hydrogens is 404 g/mol. The molecule has 4 atom stereocenters. The van der Waals surface area contributed by atoms with Gasteiger partial charge >= 0.3 is 0 Å². The fourth-order valence-corrected chi connectivity index (χ4v) is 6.98.